The maximum Gasteiger partial charge on any atom is 0.151 e. The third-order valence-corrected chi connectivity index (χ3v) is 8.18. The molecular weight excluding hydrogens is 486 g/mol. The van der Waals surface area contributed by atoms with Crippen LogP contribution in [0.4, 0.5) is 17.1 Å². The van der Waals surface area contributed by atoms with E-state index >= 15 is 0 Å². The zero-order valence-electron chi connectivity index (χ0n) is 22.0. The first kappa shape index (κ1) is 22.9. The van der Waals surface area contributed by atoms with Crippen molar-refractivity contribution in [3.05, 3.63) is 162 Å². The number of hydrogen-bond donors (Lipinski definition) is 0. The third kappa shape index (κ3) is 3.72. The monoisotopic (exact) mass is 513 g/mol. The zero-order chi connectivity index (χ0) is 26.5. The maximum atomic E-state index is 6.30. The Bertz CT molecular complexity index is 1860. The van der Waals surface area contributed by atoms with Crippen LogP contribution < -0.4 is 9.64 Å². The third-order valence-electron chi connectivity index (χ3n) is 8.18. The fourth-order valence-electron chi connectivity index (χ4n) is 6.31. The van der Waals surface area contributed by atoms with Crippen LogP contribution in [0.25, 0.3) is 22.3 Å². The van der Waals surface area contributed by atoms with E-state index < -0.39 is 0 Å². The lowest BCUT2D eigenvalue weighted by molar-refractivity contribution is 0.477. The first-order valence-electron chi connectivity index (χ1n) is 13.9. The van der Waals surface area contributed by atoms with E-state index in [9.17, 15) is 0 Å². The highest BCUT2D eigenvalue weighted by Crippen LogP contribution is 2.51. The molecule has 2 aliphatic rings. The lowest BCUT2D eigenvalue weighted by Crippen LogP contribution is -2.16. The smallest absolute Gasteiger partial charge is 0.151 e. The molecule has 40 heavy (non-hydrogen) atoms. The molecule has 0 saturated carbocycles. The molecule has 1 heterocycles. The summed E-state index contributed by atoms with van der Waals surface area (Å²) < 4.78 is 6.30. The molecular formula is C38H27NO. The number of para-hydroxylation sites is 4. The van der Waals surface area contributed by atoms with Gasteiger partial charge in [0, 0.05) is 5.69 Å². The van der Waals surface area contributed by atoms with Crippen LogP contribution in [0.1, 0.15) is 22.3 Å². The summed E-state index contributed by atoms with van der Waals surface area (Å²) in [6, 6.07) is 50.2. The van der Waals surface area contributed by atoms with Gasteiger partial charge in [0.05, 0.1) is 11.4 Å². The highest BCUT2D eigenvalue weighted by Gasteiger charge is 2.26. The maximum absolute atomic E-state index is 6.30. The van der Waals surface area contributed by atoms with E-state index in [1.807, 2.05) is 24.3 Å². The molecule has 0 saturated heterocycles. The first-order valence-corrected chi connectivity index (χ1v) is 13.9. The molecule has 2 nitrogen and oxygen atoms in total. The van der Waals surface area contributed by atoms with E-state index in [1.54, 1.807) is 0 Å². The molecule has 0 N–H and O–H groups in total. The summed E-state index contributed by atoms with van der Waals surface area (Å²) in [6.07, 6.45) is 1.75. The van der Waals surface area contributed by atoms with Gasteiger partial charge in [0.1, 0.15) is 0 Å². The van der Waals surface area contributed by atoms with E-state index in [0.29, 0.717) is 0 Å². The molecule has 0 bridgehead atoms. The highest BCUT2D eigenvalue weighted by molar-refractivity contribution is 5.88. The minimum Gasteiger partial charge on any atom is -0.453 e. The standard InChI is InChI=1S/C38H27NO/c1-4-14-31-26(11-1)23-28-13-3-6-16-33(28)34-25-30(22-21-29(34)24-27-12-2-5-15-32(27)31)39-35-17-7-9-19-37(35)40-38-20-10-8-18-36(38)39/h1-22,25H,23-24H2. The molecule has 0 spiro atoms. The second-order valence-corrected chi connectivity index (χ2v) is 10.5. The summed E-state index contributed by atoms with van der Waals surface area (Å²) in [5, 5.41) is 0. The Morgan fingerprint density at radius 2 is 0.825 bits per heavy atom. The quantitative estimate of drug-likeness (QED) is 0.216. The van der Waals surface area contributed by atoms with Crippen LogP contribution >= 0.6 is 0 Å². The number of rotatable bonds is 1. The Hall–Kier alpha value is -5.08. The minimum atomic E-state index is 0.866. The van der Waals surface area contributed by atoms with Gasteiger partial charge < -0.3 is 9.64 Å². The molecule has 0 aromatic heterocycles. The fourth-order valence-corrected chi connectivity index (χ4v) is 6.31. The van der Waals surface area contributed by atoms with Gasteiger partial charge in [-0.25, -0.2) is 0 Å². The molecule has 0 atom stereocenters. The van der Waals surface area contributed by atoms with E-state index in [4.69, 9.17) is 4.74 Å². The van der Waals surface area contributed by atoms with Crippen molar-refractivity contribution < 1.29 is 4.74 Å². The molecule has 0 fully saturated rings. The van der Waals surface area contributed by atoms with Crippen LogP contribution in [0.15, 0.2) is 140 Å². The molecule has 0 unspecified atom stereocenters. The number of fused-ring (bicyclic) bond motifs is 8. The lowest BCUT2D eigenvalue weighted by atomic mass is 9.84. The average molecular weight is 514 g/mol. The normalized spacial score (nSPS) is 12.9. The summed E-state index contributed by atoms with van der Waals surface area (Å²) in [6.45, 7) is 0. The van der Waals surface area contributed by atoms with E-state index in [2.05, 4.69) is 120 Å². The van der Waals surface area contributed by atoms with Crippen molar-refractivity contribution in [1.29, 1.82) is 0 Å². The highest BCUT2D eigenvalue weighted by atomic mass is 16.5. The van der Waals surface area contributed by atoms with Crippen LogP contribution in [-0.4, -0.2) is 0 Å². The van der Waals surface area contributed by atoms with Gasteiger partial charge in [0.25, 0.3) is 0 Å². The predicted molar refractivity (Wildman–Crippen MR) is 164 cm³/mol. The van der Waals surface area contributed by atoms with Gasteiger partial charge in [-0.1, -0.05) is 103 Å². The van der Waals surface area contributed by atoms with Crippen LogP contribution in [0, 0.1) is 0 Å². The number of benzene rings is 6. The van der Waals surface area contributed by atoms with Gasteiger partial charge in [0.2, 0.25) is 0 Å². The van der Waals surface area contributed by atoms with Crippen molar-refractivity contribution >= 4 is 17.1 Å². The molecule has 0 radical (unpaired) electrons. The number of ether oxygens (including phenoxy) is 1. The predicted octanol–water partition coefficient (Wildman–Crippen LogP) is 10.1. The second kappa shape index (κ2) is 9.29. The van der Waals surface area contributed by atoms with Crippen molar-refractivity contribution in [1.82, 2.24) is 0 Å². The van der Waals surface area contributed by atoms with Crippen molar-refractivity contribution in [2.75, 3.05) is 4.90 Å². The number of anilines is 3. The molecule has 6 aromatic rings. The average Bonchev–Trinajstić information content (AvgIpc) is 3.01. The summed E-state index contributed by atoms with van der Waals surface area (Å²) in [5.41, 5.74) is 13.8. The van der Waals surface area contributed by atoms with Crippen molar-refractivity contribution in [3.8, 4) is 33.8 Å². The fraction of sp³-hybridized carbons (Fsp3) is 0.0526. The van der Waals surface area contributed by atoms with Gasteiger partial charge in [-0.2, -0.15) is 0 Å². The summed E-state index contributed by atoms with van der Waals surface area (Å²) in [5.74, 6) is 1.74. The SMILES string of the molecule is c1ccc2c(c1)Cc1ccccc1-c1cc(N3c4ccccc4Oc4ccccc43)ccc1Cc1ccccc1-2. The Labute approximate surface area is 234 Å². The molecule has 2 heteroatoms. The first-order chi connectivity index (χ1) is 19.8. The Morgan fingerprint density at radius 1 is 0.400 bits per heavy atom. The van der Waals surface area contributed by atoms with Crippen molar-refractivity contribution in [3.63, 3.8) is 0 Å². The molecule has 8 rings (SSSR count). The van der Waals surface area contributed by atoms with E-state index in [0.717, 1.165) is 41.4 Å². The van der Waals surface area contributed by atoms with Crippen LogP contribution in [-0.2, 0) is 12.8 Å². The minimum absolute atomic E-state index is 0.866. The summed E-state index contributed by atoms with van der Waals surface area (Å²) >= 11 is 0. The Morgan fingerprint density at radius 3 is 1.38 bits per heavy atom. The van der Waals surface area contributed by atoms with Crippen molar-refractivity contribution in [2.24, 2.45) is 0 Å². The number of nitrogens with zero attached hydrogens (tertiary/aromatic N) is 1. The molecule has 6 aromatic carbocycles. The van der Waals surface area contributed by atoms with Gasteiger partial charge in [-0.3, -0.25) is 0 Å². The lowest BCUT2D eigenvalue weighted by Gasteiger charge is -2.33. The van der Waals surface area contributed by atoms with E-state index in [1.165, 1.54) is 44.5 Å². The zero-order valence-corrected chi connectivity index (χ0v) is 22.0. The van der Waals surface area contributed by atoms with Gasteiger partial charge in [-0.15, -0.1) is 0 Å². The summed E-state index contributed by atoms with van der Waals surface area (Å²) in [4.78, 5) is 2.33. The molecule has 1 aliphatic carbocycles. The summed E-state index contributed by atoms with van der Waals surface area (Å²) in [7, 11) is 0. The molecule has 0 amide bonds. The van der Waals surface area contributed by atoms with Gasteiger partial charge in [0.15, 0.2) is 11.5 Å². The van der Waals surface area contributed by atoms with Crippen LogP contribution in [0.3, 0.4) is 0 Å². The topological polar surface area (TPSA) is 12.5 Å². The van der Waals surface area contributed by atoms with Crippen LogP contribution in [0.5, 0.6) is 11.5 Å². The molecule has 190 valence electrons. The number of hydrogen-bond acceptors (Lipinski definition) is 2. The Kier molecular flexibility index (Phi) is 5.31. The van der Waals surface area contributed by atoms with E-state index in [-0.39, 0.29) is 0 Å². The Balaban J connectivity index is 1.37. The van der Waals surface area contributed by atoms with Gasteiger partial charge >= 0.3 is 0 Å². The van der Waals surface area contributed by atoms with Crippen molar-refractivity contribution in [2.45, 2.75) is 12.8 Å². The van der Waals surface area contributed by atoms with Gasteiger partial charge in [-0.05, 0) is 93.7 Å². The molecule has 1 aliphatic heterocycles. The van der Waals surface area contributed by atoms with Crippen LogP contribution in [0.2, 0.25) is 0 Å². The largest absolute Gasteiger partial charge is 0.453 e. The second-order valence-electron chi connectivity index (χ2n) is 10.5.